The molecule has 1 aliphatic heterocycles. The molecule has 39 heavy (non-hydrogen) atoms. The van der Waals surface area contributed by atoms with E-state index >= 15 is 0 Å². The fourth-order valence-corrected chi connectivity index (χ4v) is 5.44. The smallest absolute Gasteiger partial charge is 0.357 e. The summed E-state index contributed by atoms with van der Waals surface area (Å²) in [5, 5.41) is 14.3. The van der Waals surface area contributed by atoms with Gasteiger partial charge in [0.1, 0.15) is 11.9 Å². The van der Waals surface area contributed by atoms with Crippen molar-refractivity contribution in [2.45, 2.75) is 55.9 Å². The lowest BCUT2D eigenvalue weighted by molar-refractivity contribution is -0.136. The van der Waals surface area contributed by atoms with Crippen LogP contribution in [0.25, 0.3) is 0 Å². The first-order valence-electron chi connectivity index (χ1n) is 12.2. The Hall–Kier alpha value is -3.69. The van der Waals surface area contributed by atoms with E-state index in [1.54, 1.807) is 56.3 Å². The lowest BCUT2D eigenvalue weighted by Crippen LogP contribution is -2.52. The van der Waals surface area contributed by atoms with Crippen LogP contribution in [0.2, 0.25) is 0 Å². The lowest BCUT2D eigenvalue weighted by atomic mass is 9.96. The number of benzene rings is 2. The number of nitrogens with one attached hydrogen (secondary N) is 2. The molecule has 0 saturated carbocycles. The highest BCUT2D eigenvalue weighted by molar-refractivity contribution is 7.89. The second kappa shape index (κ2) is 12.0. The Bertz CT molecular complexity index is 1370. The minimum Gasteiger partial charge on any atom is -0.357 e. The standard InChI is InChI=1S/C27H30F3N5O3S/c1-19(24-33-23(26(2,3)34-24)25(36)32-15-14-27(28,29)30)13-16-35(18-21-11-9-20(17-31)10-12-21)39(37,38)22-7-5-4-6-8-22/h4-12,23H,1,13-16,18H2,2-3H3,(H,32,36)(H,33,34)/t23-/m0/s1. The second-order valence-corrected chi connectivity index (χ2v) is 11.6. The molecule has 2 aromatic rings. The average Bonchev–Trinajstić information content (AvgIpc) is 3.21. The maximum Gasteiger partial charge on any atom is 0.390 e. The van der Waals surface area contributed by atoms with Crippen LogP contribution in [0.3, 0.4) is 0 Å². The van der Waals surface area contributed by atoms with Crippen molar-refractivity contribution in [1.82, 2.24) is 14.9 Å². The summed E-state index contributed by atoms with van der Waals surface area (Å²) < 4.78 is 65.6. The Morgan fingerprint density at radius 1 is 1.18 bits per heavy atom. The van der Waals surface area contributed by atoms with Gasteiger partial charge in [-0.1, -0.05) is 36.9 Å². The molecule has 1 heterocycles. The Morgan fingerprint density at radius 2 is 1.82 bits per heavy atom. The number of sulfonamides is 1. The van der Waals surface area contributed by atoms with E-state index in [0.717, 1.165) is 0 Å². The molecule has 0 fully saturated rings. The Morgan fingerprint density at radius 3 is 2.41 bits per heavy atom. The van der Waals surface area contributed by atoms with Gasteiger partial charge in [0.05, 0.1) is 28.5 Å². The summed E-state index contributed by atoms with van der Waals surface area (Å²) in [6.07, 6.45) is -5.35. The van der Waals surface area contributed by atoms with E-state index in [2.05, 4.69) is 22.2 Å². The molecule has 2 aromatic carbocycles. The number of amides is 1. The molecule has 0 spiro atoms. The van der Waals surface area contributed by atoms with Gasteiger partial charge in [-0.3, -0.25) is 9.79 Å². The van der Waals surface area contributed by atoms with E-state index in [4.69, 9.17) is 5.26 Å². The van der Waals surface area contributed by atoms with Gasteiger partial charge >= 0.3 is 6.18 Å². The first kappa shape index (κ1) is 29.9. The van der Waals surface area contributed by atoms with Gasteiger partial charge in [0.2, 0.25) is 15.9 Å². The van der Waals surface area contributed by atoms with E-state index in [-0.39, 0.29) is 24.4 Å². The number of aliphatic imine (C=N–C) groups is 1. The van der Waals surface area contributed by atoms with Gasteiger partial charge in [0.25, 0.3) is 0 Å². The summed E-state index contributed by atoms with van der Waals surface area (Å²) in [5.41, 5.74) is 0.627. The van der Waals surface area contributed by atoms with E-state index in [1.807, 2.05) is 6.07 Å². The largest absolute Gasteiger partial charge is 0.390 e. The highest BCUT2D eigenvalue weighted by Crippen LogP contribution is 2.25. The molecule has 0 bridgehead atoms. The zero-order valence-electron chi connectivity index (χ0n) is 21.6. The van der Waals surface area contributed by atoms with Crippen molar-refractivity contribution in [2.75, 3.05) is 13.1 Å². The number of hydrogen-bond acceptors (Lipinski definition) is 6. The van der Waals surface area contributed by atoms with Crippen molar-refractivity contribution in [3.63, 3.8) is 0 Å². The second-order valence-electron chi connectivity index (χ2n) is 9.66. The van der Waals surface area contributed by atoms with Gasteiger partial charge < -0.3 is 10.6 Å². The van der Waals surface area contributed by atoms with E-state index in [9.17, 15) is 26.4 Å². The number of hydrogen-bond donors (Lipinski definition) is 2. The van der Waals surface area contributed by atoms with Crippen molar-refractivity contribution in [1.29, 1.82) is 5.26 Å². The summed E-state index contributed by atoms with van der Waals surface area (Å²) in [6.45, 7) is 6.90. The molecule has 2 N–H and O–H groups in total. The number of amidine groups is 1. The molecular weight excluding hydrogens is 531 g/mol. The van der Waals surface area contributed by atoms with Crippen LogP contribution in [-0.2, 0) is 21.4 Å². The molecule has 0 aromatic heterocycles. The van der Waals surface area contributed by atoms with Crippen molar-refractivity contribution in [3.8, 4) is 6.07 Å². The van der Waals surface area contributed by atoms with E-state index < -0.39 is 46.7 Å². The molecule has 3 rings (SSSR count). The summed E-state index contributed by atoms with van der Waals surface area (Å²) in [4.78, 5) is 17.2. The van der Waals surface area contributed by atoms with Crippen LogP contribution in [-0.4, -0.2) is 55.3 Å². The van der Waals surface area contributed by atoms with E-state index in [0.29, 0.717) is 22.5 Å². The predicted molar refractivity (Wildman–Crippen MR) is 141 cm³/mol. The first-order valence-corrected chi connectivity index (χ1v) is 13.6. The number of nitrogens with zero attached hydrogens (tertiary/aromatic N) is 3. The zero-order chi connectivity index (χ0) is 28.8. The van der Waals surface area contributed by atoms with Gasteiger partial charge in [-0.05, 0) is 55.7 Å². The molecule has 0 saturated heterocycles. The summed E-state index contributed by atoms with van der Waals surface area (Å²) in [7, 11) is -3.89. The number of halogens is 3. The Labute approximate surface area is 226 Å². The molecule has 0 radical (unpaired) electrons. The molecule has 1 amide bonds. The van der Waals surface area contributed by atoms with Crippen molar-refractivity contribution >= 4 is 21.8 Å². The monoisotopic (exact) mass is 561 g/mol. The maximum atomic E-state index is 13.5. The molecule has 1 aliphatic rings. The van der Waals surface area contributed by atoms with Crippen molar-refractivity contribution < 1.29 is 26.4 Å². The fourth-order valence-electron chi connectivity index (χ4n) is 3.99. The Balaban J connectivity index is 1.72. The molecular formula is C27H30F3N5O3S. The first-order chi connectivity index (χ1) is 18.2. The minimum atomic E-state index is -4.38. The lowest BCUT2D eigenvalue weighted by Gasteiger charge is -2.24. The predicted octanol–water partition coefficient (Wildman–Crippen LogP) is 3.91. The summed E-state index contributed by atoms with van der Waals surface area (Å²) in [6, 6.07) is 15.7. The maximum absolute atomic E-state index is 13.5. The van der Waals surface area contributed by atoms with Crippen LogP contribution >= 0.6 is 0 Å². The summed E-state index contributed by atoms with van der Waals surface area (Å²) in [5.74, 6) is -0.323. The van der Waals surface area contributed by atoms with Crippen LogP contribution in [0.5, 0.6) is 0 Å². The van der Waals surface area contributed by atoms with Crippen molar-refractivity contribution in [2.24, 2.45) is 4.99 Å². The zero-order valence-corrected chi connectivity index (χ0v) is 22.4. The van der Waals surface area contributed by atoms with Crippen molar-refractivity contribution in [3.05, 3.63) is 77.9 Å². The fraction of sp³-hybridized carbons (Fsp3) is 0.370. The quantitative estimate of drug-likeness (QED) is 0.432. The topological polar surface area (TPSA) is 115 Å². The highest BCUT2D eigenvalue weighted by atomic mass is 32.2. The van der Waals surface area contributed by atoms with Crippen LogP contribution in [0.1, 0.15) is 37.8 Å². The average molecular weight is 562 g/mol. The Kier molecular flexibility index (Phi) is 9.19. The van der Waals surface area contributed by atoms with Gasteiger partial charge in [-0.2, -0.15) is 22.7 Å². The van der Waals surface area contributed by atoms with Gasteiger partial charge in [0, 0.05) is 19.6 Å². The third kappa shape index (κ3) is 7.91. The summed E-state index contributed by atoms with van der Waals surface area (Å²) >= 11 is 0. The normalized spacial score (nSPS) is 16.7. The van der Waals surface area contributed by atoms with Crippen LogP contribution in [0.4, 0.5) is 13.2 Å². The third-order valence-corrected chi connectivity index (χ3v) is 8.04. The molecule has 0 aliphatic carbocycles. The molecule has 1 atom stereocenters. The van der Waals surface area contributed by atoms with E-state index in [1.165, 1.54) is 16.4 Å². The van der Waals surface area contributed by atoms with Crippen LogP contribution < -0.4 is 10.6 Å². The van der Waals surface area contributed by atoms with Gasteiger partial charge in [0.15, 0.2) is 0 Å². The number of nitriles is 1. The SMILES string of the molecule is C=C(CCN(Cc1ccc(C#N)cc1)S(=O)(=O)c1ccccc1)C1=NC(C)(C)[C@H](C(=O)NCCC(F)(F)F)N1. The molecule has 208 valence electrons. The number of alkyl halides is 3. The molecule has 8 nitrogen and oxygen atoms in total. The van der Waals surface area contributed by atoms with Gasteiger partial charge in [-0.25, -0.2) is 8.42 Å². The molecule has 0 unspecified atom stereocenters. The third-order valence-electron chi connectivity index (χ3n) is 6.18. The highest BCUT2D eigenvalue weighted by Gasteiger charge is 2.41. The molecule has 12 heteroatoms. The number of carbonyl (C=O) groups excluding carboxylic acids is 1. The minimum absolute atomic E-state index is 0.0413. The van der Waals surface area contributed by atoms with Gasteiger partial charge in [-0.15, -0.1) is 0 Å². The van der Waals surface area contributed by atoms with Crippen LogP contribution in [0.15, 0.2) is 76.6 Å². The number of rotatable bonds is 11. The number of carbonyl (C=O) groups is 1. The van der Waals surface area contributed by atoms with Crippen LogP contribution in [0, 0.1) is 11.3 Å².